The Morgan fingerprint density at radius 3 is 2.06 bits per heavy atom. The molecule has 0 radical (unpaired) electrons. The van der Waals surface area contributed by atoms with Gasteiger partial charge >= 0.3 is 0 Å². The SMILES string of the molecule is Cc1ccc(P2C(C)CCC2C)c(C)c1C. The van der Waals surface area contributed by atoms with Crippen LogP contribution in [0.2, 0.25) is 0 Å². The van der Waals surface area contributed by atoms with Gasteiger partial charge in [-0.3, -0.25) is 0 Å². The van der Waals surface area contributed by atoms with Gasteiger partial charge in [0.05, 0.1) is 0 Å². The fraction of sp³-hybridized carbons (Fsp3) is 0.600. The third kappa shape index (κ3) is 1.93. The Morgan fingerprint density at radius 1 is 0.938 bits per heavy atom. The summed E-state index contributed by atoms with van der Waals surface area (Å²) in [6.45, 7) is 11.7. The van der Waals surface area contributed by atoms with E-state index in [1.807, 2.05) is 0 Å². The summed E-state index contributed by atoms with van der Waals surface area (Å²) in [7, 11) is 0.0879. The van der Waals surface area contributed by atoms with Gasteiger partial charge in [0.15, 0.2) is 0 Å². The monoisotopic (exact) mass is 234 g/mol. The first-order valence-corrected chi connectivity index (χ1v) is 7.85. The Labute approximate surface area is 101 Å². The number of hydrogen-bond acceptors (Lipinski definition) is 0. The van der Waals surface area contributed by atoms with E-state index >= 15 is 0 Å². The van der Waals surface area contributed by atoms with Crippen LogP contribution in [0.4, 0.5) is 0 Å². The zero-order chi connectivity index (χ0) is 11.9. The molecule has 0 aliphatic carbocycles. The molecule has 1 fully saturated rings. The number of benzene rings is 1. The van der Waals surface area contributed by atoms with Crippen LogP contribution < -0.4 is 5.30 Å². The smallest absolute Gasteiger partial charge is 0.0195 e. The Hall–Kier alpha value is -0.350. The van der Waals surface area contributed by atoms with Crippen LogP contribution in [-0.2, 0) is 0 Å². The van der Waals surface area contributed by atoms with E-state index in [1.165, 1.54) is 24.0 Å². The molecule has 0 saturated carbocycles. The zero-order valence-corrected chi connectivity index (χ0v) is 12.1. The molecule has 16 heavy (non-hydrogen) atoms. The standard InChI is InChI=1S/C15H23P/c1-10-6-9-15(14(5)13(10)4)16-11(2)7-8-12(16)3/h6,9,11-12H,7-8H2,1-5H3. The lowest BCUT2D eigenvalue weighted by atomic mass is 10.1. The molecule has 1 heterocycles. The second kappa shape index (κ2) is 4.49. The van der Waals surface area contributed by atoms with Crippen molar-refractivity contribution in [1.29, 1.82) is 0 Å². The van der Waals surface area contributed by atoms with E-state index < -0.39 is 0 Å². The van der Waals surface area contributed by atoms with Crippen molar-refractivity contribution in [3.8, 4) is 0 Å². The zero-order valence-electron chi connectivity index (χ0n) is 11.2. The van der Waals surface area contributed by atoms with Crippen molar-refractivity contribution in [1.82, 2.24) is 0 Å². The van der Waals surface area contributed by atoms with Crippen LogP contribution in [0.1, 0.15) is 43.4 Å². The van der Waals surface area contributed by atoms with Gasteiger partial charge in [0.1, 0.15) is 0 Å². The fourth-order valence-electron chi connectivity index (χ4n) is 2.89. The minimum atomic E-state index is 0.0879. The quantitative estimate of drug-likeness (QED) is 0.636. The summed E-state index contributed by atoms with van der Waals surface area (Å²) in [5.74, 6) is 0. The van der Waals surface area contributed by atoms with Gasteiger partial charge in [-0.05, 0) is 66.9 Å². The van der Waals surface area contributed by atoms with E-state index in [1.54, 1.807) is 10.9 Å². The summed E-state index contributed by atoms with van der Waals surface area (Å²) in [5.41, 5.74) is 6.35. The molecule has 1 saturated heterocycles. The van der Waals surface area contributed by atoms with Crippen LogP contribution in [0, 0.1) is 20.8 Å². The number of rotatable bonds is 1. The number of hydrogen-bond donors (Lipinski definition) is 0. The van der Waals surface area contributed by atoms with E-state index in [0.717, 1.165) is 11.3 Å². The highest BCUT2D eigenvalue weighted by atomic mass is 31.1. The van der Waals surface area contributed by atoms with Crippen LogP contribution in [-0.4, -0.2) is 11.3 Å². The molecule has 0 nitrogen and oxygen atoms in total. The minimum absolute atomic E-state index is 0.0879. The molecular formula is C15H23P. The maximum absolute atomic E-state index is 2.45. The van der Waals surface area contributed by atoms with Gasteiger partial charge in [-0.15, -0.1) is 0 Å². The largest absolute Gasteiger partial charge is 0.0692 e. The maximum atomic E-state index is 2.45. The van der Waals surface area contributed by atoms with Crippen LogP contribution >= 0.6 is 7.92 Å². The molecule has 2 unspecified atom stereocenters. The molecule has 1 heteroatoms. The summed E-state index contributed by atoms with van der Waals surface area (Å²) in [6.07, 6.45) is 2.86. The third-order valence-corrected chi connectivity index (χ3v) is 7.72. The fourth-order valence-corrected chi connectivity index (χ4v) is 6.37. The van der Waals surface area contributed by atoms with Crippen LogP contribution in [0.3, 0.4) is 0 Å². The van der Waals surface area contributed by atoms with Gasteiger partial charge in [-0.2, -0.15) is 0 Å². The summed E-state index contributed by atoms with van der Waals surface area (Å²) < 4.78 is 0. The van der Waals surface area contributed by atoms with Gasteiger partial charge in [0.2, 0.25) is 0 Å². The predicted octanol–water partition coefficient (Wildman–Crippen LogP) is 4.29. The average molecular weight is 234 g/mol. The van der Waals surface area contributed by atoms with E-state index in [-0.39, 0.29) is 7.92 Å². The van der Waals surface area contributed by atoms with Crippen molar-refractivity contribution < 1.29 is 0 Å². The molecule has 0 spiro atoms. The first-order chi connectivity index (χ1) is 7.52. The van der Waals surface area contributed by atoms with Crippen molar-refractivity contribution >= 4 is 13.2 Å². The summed E-state index contributed by atoms with van der Waals surface area (Å²) in [4.78, 5) is 0. The molecule has 1 aliphatic rings. The molecule has 1 aliphatic heterocycles. The van der Waals surface area contributed by atoms with Crippen molar-refractivity contribution in [3.05, 3.63) is 28.8 Å². The summed E-state index contributed by atoms with van der Waals surface area (Å²) >= 11 is 0. The molecule has 2 rings (SSSR count). The topological polar surface area (TPSA) is 0 Å². The molecule has 0 N–H and O–H groups in total. The van der Waals surface area contributed by atoms with Crippen LogP contribution in [0.15, 0.2) is 12.1 Å². The minimum Gasteiger partial charge on any atom is -0.0692 e. The molecule has 0 bridgehead atoms. The Balaban J connectivity index is 2.44. The van der Waals surface area contributed by atoms with Gasteiger partial charge < -0.3 is 0 Å². The molecule has 1 aromatic carbocycles. The first-order valence-electron chi connectivity index (χ1n) is 6.37. The third-order valence-electron chi connectivity index (χ3n) is 4.26. The highest BCUT2D eigenvalue weighted by Crippen LogP contribution is 2.54. The molecule has 0 amide bonds. The first kappa shape index (κ1) is 12.1. The maximum Gasteiger partial charge on any atom is -0.0195 e. The second-order valence-corrected chi connectivity index (χ2v) is 8.39. The lowest BCUT2D eigenvalue weighted by Gasteiger charge is -2.24. The predicted molar refractivity (Wildman–Crippen MR) is 75.4 cm³/mol. The molecule has 88 valence electrons. The lowest BCUT2D eigenvalue weighted by molar-refractivity contribution is 0.777. The van der Waals surface area contributed by atoms with Gasteiger partial charge in [0.25, 0.3) is 0 Å². The van der Waals surface area contributed by atoms with Crippen LogP contribution in [0.25, 0.3) is 0 Å². The average Bonchev–Trinajstić information content (AvgIpc) is 2.57. The summed E-state index contributed by atoms with van der Waals surface area (Å²) in [5, 5.41) is 1.68. The van der Waals surface area contributed by atoms with E-state index in [0.29, 0.717) is 0 Å². The van der Waals surface area contributed by atoms with Crippen molar-refractivity contribution in [3.63, 3.8) is 0 Å². The van der Waals surface area contributed by atoms with Crippen LogP contribution in [0.5, 0.6) is 0 Å². The van der Waals surface area contributed by atoms with Crippen molar-refractivity contribution in [2.45, 2.75) is 58.8 Å². The Kier molecular flexibility index (Phi) is 3.40. The van der Waals surface area contributed by atoms with E-state index in [9.17, 15) is 0 Å². The highest BCUT2D eigenvalue weighted by molar-refractivity contribution is 7.67. The van der Waals surface area contributed by atoms with E-state index in [2.05, 4.69) is 46.8 Å². The number of aryl methyl sites for hydroxylation is 1. The van der Waals surface area contributed by atoms with Gasteiger partial charge in [-0.1, -0.05) is 33.9 Å². The van der Waals surface area contributed by atoms with Crippen molar-refractivity contribution in [2.75, 3.05) is 0 Å². The second-order valence-electron chi connectivity index (χ2n) is 5.33. The highest BCUT2D eigenvalue weighted by Gasteiger charge is 2.32. The summed E-state index contributed by atoms with van der Waals surface area (Å²) in [6, 6.07) is 4.72. The Morgan fingerprint density at radius 2 is 1.50 bits per heavy atom. The van der Waals surface area contributed by atoms with Gasteiger partial charge in [-0.25, -0.2) is 0 Å². The van der Waals surface area contributed by atoms with E-state index in [4.69, 9.17) is 0 Å². The molecule has 2 atom stereocenters. The van der Waals surface area contributed by atoms with Crippen molar-refractivity contribution in [2.24, 2.45) is 0 Å². The molecular weight excluding hydrogens is 211 g/mol. The molecule has 1 aromatic rings. The Bertz CT molecular complexity index is 385. The van der Waals surface area contributed by atoms with Gasteiger partial charge in [0, 0.05) is 0 Å². The normalized spacial score (nSPS) is 29.7. The lowest BCUT2D eigenvalue weighted by Crippen LogP contribution is -2.15. The molecule has 0 aromatic heterocycles.